The topological polar surface area (TPSA) is 71.7 Å². The van der Waals surface area contributed by atoms with Gasteiger partial charge in [0.05, 0.1) is 11.1 Å². The molecule has 0 aliphatic heterocycles. The molecule has 0 atom stereocenters. The van der Waals surface area contributed by atoms with E-state index >= 15 is 0 Å². The average molecular weight is 432 g/mol. The molecule has 0 saturated carbocycles. The third kappa shape index (κ3) is 5.11. The largest absolute Gasteiger partial charge is 0.477 e. The Morgan fingerprint density at radius 2 is 1.93 bits per heavy atom. The molecule has 1 amide bonds. The molecule has 1 aromatic heterocycles. The molecule has 0 unspecified atom stereocenters. The molecule has 1 N–H and O–H groups in total. The zero-order chi connectivity index (χ0) is 21.9. The number of aromatic carboxylic acids is 1. The zero-order valence-electron chi connectivity index (χ0n) is 16.0. The number of hydrogen-bond acceptors (Lipinski definition) is 3. The van der Waals surface area contributed by atoms with Gasteiger partial charge >= 0.3 is 12.1 Å². The quantitative estimate of drug-likeness (QED) is 0.648. The number of nitrogens with zero attached hydrogens (tertiary/aromatic N) is 2. The Hall–Kier alpha value is -2.49. The van der Waals surface area contributed by atoms with Gasteiger partial charge in [-0.15, -0.1) is 11.3 Å². The fourth-order valence-corrected chi connectivity index (χ4v) is 3.81. The van der Waals surface area contributed by atoms with Gasteiger partial charge in [0.1, 0.15) is 11.5 Å². The molecule has 2 rings (SSSR count). The second kappa shape index (κ2) is 8.89. The molecule has 0 radical (unpaired) electrons. The Morgan fingerprint density at radius 3 is 2.45 bits per heavy atom. The molecule has 2 aromatic rings. The van der Waals surface area contributed by atoms with Crippen molar-refractivity contribution in [2.75, 3.05) is 0 Å². The van der Waals surface area contributed by atoms with Crippen molar-refractivity contribution in [1.29, 1.82) is 0 Å². The molecular weight excluding hydrogens is 412 g/mol. The van der Waals surface area contributed by atoms with E-state index in [2.05, 4.69) is 4.99 Å². The normalized spacial score (nSPS) is 12.6. The van der Waals surface area contributed by atoms with Crippen LogP contribution < -0.4 is 4.80 Å². The Labute approximate surface area is 168 Å². The Balaban J connectivity index is 2.66. The molecule has 0 saturated heterocycles. The number of unbranched alkanes of at least 4 members (excludes halogenated alkanes) is 1. The second-order valence-corrected chi connectivity index (χ2v) is 7.68. The van der Waals surface area contributed by atoms with Gasteiger partial charge in [0.2, 0.25) is 0 Å². The van der Waals surface area contributed by atoms with Crippen molar-refractivity contribution in [3.63, 3.8) is 0 Å². The van der Waals surface area contributed by atoms with Crippen LogP contribution in [-0.4, -0.2) is 21.6 Å². The number of hydrogen-bond donors (Lipinski definition) is 1. The van der Waals surface area contributed by atoms with Crippen LogP contribution in [0.3, 0.4) is 0 Å². The average Bonchev–Trinajstić information content (AvgIpc) is 2.97. The standard InChI is InChI=1S/C19H20F4N2O3S/c1-4-5-8-25-14(17(27)28)15(10(2)3)29-18(25)24-16(26)12-9-11(19(21,22)23)6-7-13(12)20/h6-7,9-10H,4-5,8H2,1-3H3,(H,27,28). The van der Waals surface area contributed by atoms with Crippen LogP contribution in [0, 0.1) is 5.82 Å². The van der Waals surface area contributed by atoms with Gasteiger partial charge in [-0.05, 0) is 30.5 Å². The summed E-state index contributed by atoms with van der Waals surface area (Å²) in [5.41, 5.74) is -2.01. The summed E-state index contributed by atoms with van der Waals surface area (Å²) in [5, 5.41) is 9.60. The van der Waals surface area contributed by atoms with Crippen LogP contribution in [0.1, 0.15) is 70.8 Å². The van der Waals surface area contributed by atoms with Crippen molar-refractivity contribution in [3.05, 3.63) is 50.5 Å². The molecule has 0 fully saturated rings. The summed E-state index contributed by atoms with van der Waals surface area (Å²) in [6.45, 7) is 5.72. The number of aromatic nitrogens is 1. The predicted molar refractivity (Wildman–Crippen MR) is 99.6 cm³/mol. The highest BCUT2D eigenvalue weighted by Crippen LogP contribution is 2.30. The molecule has 1 aromatic carbocycles. The number of carboxylic acids is 1. The highest BCUT2D eigenvalue weighted by Gasteiger charge is 2.32. The summed E-state index contributed by atoms with van der Waals surface area (Å²) in [7, 11) is 0. The van der Waals surface area contributed by atoms with Crippen LogP contribution in [0.5, 0.6) is 0 Å². The number of amides is 1. The molecule has 0 aliphatic rings. The number of carboxylic acid groups (broad SMARTS) is 1. The Bertz CT molecular complexity index is 990. The predicted octanol–water partition coefficient (Wildman–Crippen LogP) is 5.07. The summed E-state index contributed by atoms with van der Waals surface area (Å²) < 4.78 is 54.1. The number of halogens is 4. The van der Waals surface area contributed by atoms with E-state index in [1.165, 1.54) is 4.57 Å². The maximum absolute atomic E-state index is 14.0. The highest BCUT2D eigenvalue weighted by molar-refractivity contribution is 7.09. The molecule has 0 aliphatic carbocycles. The van der Waals surface area contributed by atoms with Gasteiger partial charge in [-0.1, -0.05) is 27.2 Å². The Kier molecular flexibility index (Phi) is 6.99. The first-order chi connectivity index (χ1) is 13.5. The van der Waals surface area contributed by atoms with Crippen LogP contribution in [-0.2, 0) is 12.7 Å². The van der Waals surface area contributed by atoms with E-state index < -0.39 is 35.0 Å². The lowest BCUT2D eigenvalue weighted by Gasteiger charge is -2.08. The van der Waals surface area contributed by atoms with Crippen LogP contribution in [0.2, 0.25) is 0 Å². The smallest absolute Gasteiger partial charge is 0.416 e. The van der Waals surface area contributed by atoms with Gasteiger partial charge in [-0.3, -0.25) is 4.79 Å². The van der Waals surface area contributed by atoms with Gasteiger partial charge in [-0.25, -0.2) is 9.18 Å². The number of carbonyl (C=O) groups excluding carboxylic acids is 1. The van der Waals surface area contributed by atoms with Gasteiger partial charge < -0.3 is 9.67 Å². The maximum atomic E-state index is 14.0. The fourth-order valence-electron chi connectivity index (χ4n) is 2.66. The molecule has 29 heavy (non-hydrogen) atoms. The van der Waals surface area contributed by atoms with Crippen LogP contribution in [0.4, 0.5) is 17.6 Å². The van der Waals surface area contributed by atoms with Gasteiger partial charge in [0.15, 0.2) is 4.80 Å². The van der Waals surface area contributed by atoms with Gasteiger partial charge in [-0.2, -0.15) is 18.2 Å². The first-order valence-electron chi connectivity index (χ1n) is 8.90. The maximum Gasteiger partial charge on any atom is 0.416 e. The van der Waals surface area contributed by atoms with Crippen molar-refractivity contribution in [2.45, 2.75) is 52.3 Å². The number of alkyl halides is 3. The van der Waals surface area contributed by atoms with Crippen molar-refractivity contribution < 1.29 is 32.3 Å². The highest BCUT2D eigenvalue weighted by atomic mass is 32.1. The van der Waals surface area contributed by atoms with E-state index in [4.69, 9.17) is 0 Å². The lowest BCUT2D eigenvalue weighted by atomic mass is 10.1. The third-order valence-electron chi connectivity index (χ3n) is 4.12. The Morgan fingerprint density at radius 1 is 1.28 bits per heavy atom. The molecule has 1 heterocycles. The van der Waals surface area contributed by atoms with Crippen LogP contribution in [0.25, 0.3) is 0 Å². The minimum absolute atomic E-state index is 0.0151. The van der Waals surface area contributed by atoms with E-state index in [-0.39, 0.29) is 23.0 Å². The number of benzene rings is 1. The van der Waals surface area contributed by atoms with Gasteiger partial charge in [0, 0.05) is 11.4 Å². The van der Waals surface area contributed by atoms with Crippen LogP contribution in [0.15, 0.2) is 23.2 Å². The van der Waals surface area contributed by atoms with Crippen molar-refractivity contribution in [1.82, 2.24) is 4.57 Å². The zero-order valence-corrected chi connectivity index (χ0v) is 16.8. The van der Waals surface area contributed by atoms with E-state index in [1.54, 1.807) is 13.8 Å². The number of rotatable bonds is 6. The summed E-state index contributed by atoms with van der Waals surface area (Å²) in [4.78, 5) is 28.5. The fraction of sp³-hybridized carbons (Fsp3) is 0.421. The first-order valence-corrected chi connectivity index (χ1v) is 9.71. The second-order valence-electron chi connectivity index (χ2n) is 6.67. The van der Waals surface area contributed by atoms with E-state index in [0.717, 1.165) is 17.8 Å². The summed E-state index contributed by atoms with van der Waals surface area (Å²) >= 11 is 0.962. The summed E-state index contributed by atoms with van der Waals surface area (Å²) in [5.74, 6) is -3.71. The number of thiazole rings is 1. The minimum atomic E-state index is -4.74. The van der Waals surface area contributed by atoms with E-state index in [0.29, 0.717) is 29.5 Å². The molecule has 10 heteroatoms. The monoisotopic (exact) mass is 432 g/mol. The first kappa shape index (κ1) is 22.8. The lowest BCUT2D eigenvalue weighted by Crippen LogP contribution is -2.22. The molecule has 5 nitrogen and oxygen atoms in total. The van der Waals surface area contributed by atoms with Crippen molar-refractivity contribution in [2.24, 2.45) is 4.99 Å². The molecule has 158 valence electrons. The SMILES string of the molecule is CCCCn1c(C(=O)O)c(C(C)C)sc1=NC(=O)c1cc(C(F)(F)F)ccc1F. The third-order valence-corrected chi connectivity index (χ3v) is 5.50. The summed E-state index contributed by atoms with van der Waals surface area (Å²) in [6, 6.07) is 1.51. The molecule has 0 spiro atoms. The lowest BCUT2D eigenvalue weighted by molar-refractivity contribution is -0.137. The van der Waals surface area contributed by atoms with E-state index in [1.807, 2.05) is 6.92 Å². The van der Waals surface area contributed by atoms with E-state index in [9.17, 15) is 32.3 Å². The molecular formula is C19H20F4N2O3S. The van der Waals surface area contributed by atoms with Crippen molar-refractivity contribution in [3.8, 4) is 0 Å². The van der Waals surface area contributed by atoms with Crippen LogP contribution >= 0.6 is 11.3 Å². The summed E-state index contributed by atoms with van der Waals surface area (Å²) in [6.07, 6.45) is -3.39. The van der Waals surface area contributed by atoms with Crippen molar-refractivity contribution >= 4 is 23.2 Å². The van der Waals surface area contributed by atoms with Gasteiger partial charge in [0.25, 0.3) is 5.91 Å². The number of carbonyl (C=O) groups is 2. The minimum Gasteiger partial charge on any atom is -0.477 e. The molecule has 0 bridgehead atoms.